The first-order chi connectivity index (χ1) is 11.9. The van der Waals surface area contributed by atoms with Gasteiger partial charge in [0.2, 0.25) is 5.91 Å². The number of hydrogen-bond donors (Lipinski definition) is 0. The van der Waals surface area contributed by atoms with Crippen LogP contribution in [0.4, 0.5) is 4.39 Å². The Hall–Kier alpha value is -3.02. The molecule has 1 heterocycles. The van der Waals surface area contributed by atoms with E-state index in [-0.39, 0.29) is 13.1 Å². The summed E-state index contributed by atoms with van der Waals surface area (Å²) < 4.78 is 13.7. The minimum Gasteiger partial charge on any atom is -0.340 e. The molecule has 2 aromatic carbocycles. The molecule has 3 amide bonds. The maximum atomic E-state index is 13.7. The number of carbonyl (C=O) groups is 3. The Morgan fingerprint density at radius 3 is 2.48 bits per heavy atom. The average Bonchev–Trinajstić information content (AvgIpc) is 2.81. The highest BCUT2D eigenvalue weighted by molar-refractivity contribution is 6.22. The van der Waals surface area contributed by atoms with Crippen LogP contribution >= 0.6 is 0 Å². The van der Waals surface area contributed by atoms with Gasteiger partial charge in [-0.25, -0.2) is 4.39 Å². The van der Waals surface area contributed by atoms with Gasteiger partial charge in [-0.15, -0.1) is 0 Å². The quantitative estimate of drug-likeness (QED) is 0.803. The van der Waals surface area contributed by atoms with Crippen molar-refractivity contribution < 1.29 is 18.8 Å². The number of carbonyl (C=O) groups excluding carboxylic acids is 3. The smallest absolute Gasteiger partial charge is 0.262 e. The van der Waals surface area contributed by atoms with Crippen molar-refractivity contribution in [3.8, 4) is 0 Å². The summed E-state index contributed by atoms with van der Waals surface area (Å²) in [6.45, 7) is 1.53. The van der Waals surface area contributed by atoms with Crippen molar-refractivity contribution >= 4 is 17.7 Å². The summed E-state index contributed by atoms with van der Waals surface area (Å²) in [6.07, 6.45) is 0. The van der Waals surface area contributed by atoms with E-state index in [2.05, 4.69) is 0 Å². The van der Waals surface area contributed by atoms with Crippen molar-refractivity contribution in [2.24, 2.45) is 0 Å². The van der Waals surface area contributed by atoms with E-state index in [1.165, 1.54) is 18.0 Å². The molecule has 0 saturated carbocycles. The first-order valence-electron chi connectivity index (χ1n) is 7.82. The molecule has 5 nitrogen and oxygen atoms in total. The lowest BCUT2D eigenvalue weighted by molar-refractivity contribution is -0.130. The number of rotatable bonds is 4. The van der Waals surface area contributed by atoms with Crippen LogP contribution in [-0.4, -0.2) is 41.1 Å². The number of hydrogen-bond acceptors (Lipinski definition) is 3. The molecule has 3 rings (SSSR count). The van der Waals surface area contributed by atoms with Crippen LogP contribution in [0.5, 0.6) is 0 Å². The van der Waals surface area contributed by atoms with Gasteiger partial charge in [0.15, 0.2) is 0 Å². The summed E-state index contributed by atoms with van der Waals surface area (Å²) in [5, 5.41) is 0. The lowest BCUT2D eigenvalue weighted by atomic mass is 10.1. The van der Waals surface area contributed by atoms with E-state index in [4.69, 9.17) is 0 Å². The molecular formula is C19H17FN2O3. The molecule has 0 spiro atoms. The van der Waals surface area contributed by atoms with Crippen molar-refractivity contribution in [3.63, 3.8) is 0 Å². The van der Waals surface area contributed by atoms with E-state index in [1.807, 2.05) is 6.92 Å². The zero-order chi connectivity index (χ0) is 18.1. The molecule has 0 atom stereocenters. The van der Waals surface area contributed by atoms with Gasteiger partial charge in [-0.05, 0) is 25.1 Å². The van der Waals surface area contributed by atoms with Crippen LogP contribution in [0, 0.1) is 12.7 Å². The Morgan fingerprint density at radius 1 is 1.08 bits per heavy atom. The molecule has 0 saturated heterocycles. The summed E-state index contributed by atoms with van der Waals surface area (Å²) in [7, 11) is 1.51. The molecule has 1 aliphatic heterocycles. The number of aryl methyl sites for hydroxylation is 1. The molecule has 0 aromatic heterocycles. The van der Waals surface area contributed by atoms with Crippen molar-refractivity contribution in [2.75, 3.05) is 13.6 Å². The standard InChI is InChI=1S/C19H17FN2O3/c1-12-7-8-14-15(9-12)19(25)22(18(14)24)11-17(23)21(2)10-13-5-3-4-6-16(13)20/h3-9H,10-11H2,1-2H3. The van der Waals surface area contributed by atoms with Gasteiger partial charge >= 0.3 is 0 Å². The Morgan fingerprint density at radius 2 is 1.76 bits per heavy atom. The van der Waals surface area contributed by atoms with E-state index < -0.39 is 23.5 Å². The van der Waals surface area contributed by atoms with Crippen LogP contribution < -0.4 is 0 Å². The minimum absolute atomic E-state index is 0.0633. The van der Waals surface area contributed by atoms with Crippen LogP contribution in [-0.2, 0) is 11.3 Å². The van der Waals surface area contributed by atoms with E-state index in [0.29, 0.717) is 16.7 Å². The summed E-state index contributed by atoms with van der Waals surface area (Å²) in [5.41, 5.74) is 1.86. The first kappa shape index (κ1) is 16.8. The van der Waals surface area contributed by atoms with Crippen molar-refractivity contribution in [2.45, 2.75) is 13.5 Å². The number of nitrogens with zero attached hydrogens (tertiary/aromatic N) is 2. The summed E-state index contributed by atoms with van der Waals surface area (Å²) >= 11 is 0. The Kier molecular flexibility index (Phi) is 4.35. The molecule has 0 bridgehead atoms. The zero-order valence-corrected chi connectivity index (χ0v) is 14.0. The second-order valence-corrected chi connectivity index (χ2v) is 6.09. The predicted molar refractivity (Wildman–Crippen MR) is 89.4 cm³/mol. The third-order valence-electron chi connectivity index (χ3n) is 4.21. The highest BCUT2D eigenvalue weighted by Crippen LogP contribution is 2.23. The van der Waals surface area contributed by atoms with E-state index in [9.17, 15) is 18.8 Å². The maximum Gasteiger partial charge on any atom is 0.262 e. The van der Waals surface area contributed by atoms with Crippen molar-refractivity contribution in [3.05, 3.63) is 70.5 Å². The molecule has 2 aromatic rings. The number of amides is 3. The van der Waals surface area contributed by atoms with E-state index >= 15 is 0 Å². The van der Waals surface area contributed by atoms with E-state index in [1.54, 1.807) is 36.4 Å². The second-order valence-electron chi connectivity index (χ2n) is 6.09. The van der Waals surface area contributed by atoms with Gasteiger partial charge in [0.25, 0.3) is 11.8 Å². The van der Waals surface area contributed by atoms with Gasteiger partial charge in [0.05, 0.1) is 11.1 Å². The minimum atomic E-state index is -0.479. The molecule has 0 fully saturated rings. The molecule has 6 heteroatoms. The van der Waals surface area contributed by atoms with Crippen molar-refractivity contribution in [1.82, 2.24) is 9.80 Å². The number of likely N-dealkylation sites (N-methyl/N-ethyl adjacent to an activating group) is 1. The molecule has 25 heavy (non-hydrogen) atoms. The Labute approximate surface area is 144 Å². The average molecular weight is 340 g/mol. The normalized spacial score (nSPS) is 13.2. The molecule has 0 aliphatic carbocycles. The van der Waals surface area contributed by atoms with Gasteiger partial charge in [-0.2, -0.15) is 0 Å². The number of halogens is 1. The van der Waals surface area contributed by atoms with Crippen LogP contribution in [0.1, 0.15) is 31.8 Å². The predicted octanol–water partition coefficient (Wildman–Crippen LogP) is 2.39. The molecule has 0 N–H and O–H groups in total. The highest BCUT2D eigenvalue weighted by Gasteiger charge is 2.37. The highest BCUT2D eigenvalue weighted by atomic mass is 19.1. The third kappa shape index (κ3) is 3.15. The van der Waals surface area contributed by atoms with Crippen LogP contribution in [0.15, 0.2) is 42.5 Å². The topological polar surface area (TPSA) is 57.7 Å². The maximum absolute atomic E-state index is 13.7. The third-order valence-corrected chi connectivity index (χ3v) is 4.21. The van der Waals surface area contributed by atoms with Gasteiger partial charge in [0.1, 0.15) is 12.4 Å². The summed E-state index contributed by atoms with van der Waals surface area (Å²) in [4.78, 5) is 39.4. The first-order valence-corrected chi connectivity index (χ1v) is 7.82. The van der Waals surface area contributed by atoms with Gasteiger partial charge in [-0.1, -0.05) is 29.8 Å². The SMILES string of the molecule is Cc1ccc2c(c1)C(=O)N(CC(=O)N(C)Cc1ccccc1F)C2=O. The lowest BCUT2D eigenvalue weighted by Crippen LogP contribution is -2.41. The largest absolute Gasteiger partial charge is 0.340 e. The summed E-state index contributed by atoms with van der Waals surface area (Å²) in [5.74, 6) is -1.79. The van der Waals surface area contributed by atoms with Crippen molar-refractivity contribution in [1.29, 1.82) is 0 Å². The monoisotopic (exact) mass is 340 g/mol. The zero-order valence-electron chi connectivity index (χ0n) is 14.0. The van der Waals surface area contributed by atoms with Gasteiger partial charge < -0.3 is 4.90 Å². The number of benzene rings is 2. The number of imide groups is 1. The molecule has 0 radical (unpaired) electrons. The Bertz CT molecular complexity index is 879. The summed E-state index contributed by atoms with van der Waals surface area (Å²) in [6, 6.07) is 11.1. The fourth-order valence-electron chi connectivity index (χ4n) is 2.77. The Balaban J connectivity index is 1.72. The number of fused-ring (bicyclic) bond motifs is 1. The molecule has 128 valence electrons. The van der Waals surface area contributed by atoms with E-state index in [0.717, 1.165) is 10.5 Å². The fraction of sp³-hybridized carbons (Fsp3) is 0.211. The van der Waals surface area contributed by atoms with Crippen LogP contribution in [0.25, 0.3) is 0 Å². The fourth-order valence-corrected chi connectivity index (χ4v) is 2.77. The molecular weight excluding hydrogens is 323 g/mol. The second kappa shape index (κ2) is 6.47. The lowest BCUT2D eigenvalue weighted by Gasteiger charge is -2.21. The van der Waals surface area contributed by atoms with Crippen LogP contribution in [0.2, 0.25) is 0 Å². The molecule has 1 aliphatic rings. The van der Waals surface area contributed by atoms with Gasteiger partial charge in [0, 0.05) is 19.2 Å². The van der Waals surface area contributed by atoms with Gasteiger partial charge in [-0.3, -0.25) is 19.3 Å². The van der Waals surface area contributed by atoms with Crippen LogP contribution in [0.3, 0.4) is 0 Å². The molecule has 0 unspecified atom stereocenters.